The number of aromatic nitrogens is 5. The van der Waals surface area contributed by atoms with E-state index in [0.29, 0.717) is 28.2 Å². The van der Waals surface area contributed by atoms with E-state index in [4.69, 9.17) is 9.47 Å². The molecule has 2 heterocycles. The van der Waals surface area contributed by atoms with Crippen LogP contribution in [0.1, 0.15) is 11.5 Å². The Kier molecular flexibility index (Phi) is 6.36. The van der Waals surface area contributed by atoms with Gasteiger partial charge < -0.3 is 14.5 Å². The summed E-state index contributed by atoms with van der Waals surface area (Å²) in [5, 5.41) is 8.71. The van der Waals surface area contributed by atoms with Gasteiger partial charge in [0.2, 0.25) is 0 Å². The van der Waals surface area contributed by atoms with E-state index in [2.05, 4.69) is 20.2 Å². The van der Waals surface area contributed by atoms with Crippen LogP contribution in [0.25, 0.3) is 5.69 Å². The molecular weight excluding hydrogens is 437 g/mol. The van der Waals surface area contributed by atoms with E-state index < -0.39 is 17.1 Å². The molecule has 4 aromatic rings. The van der Waals surface area contributed by atoms with Crippen LogP contribution in [-0.4, -0.2) is 31.8 Å². The minimum Gasteiger partial charge on any atom is -0.497 e. The molecule has 2 aromatic heterocycles. The van der Waals surface area contributed by atoms with Crippen molar-refractivity contribution in [2.75, 3.05) is 7.11 Å². The number of thioether (sulfide) groups is 1. The fraction of sp³-hybridized carbons (Fsp3) is 0.143. The van der Waals surface area contributed by atoms with Gasteiger partial charge in [-0.1, -0.05) is 23.9 Å². The van der Waals surface area contributed by atoms with Gasteiger partial charge in [-0.2, -0.15) is 0 Å². The summed E-state index contributed by atoms with van der Waals surface area (Å²) in [5.74, 6) is 1.44. The third-order valence-electron chi connectivity index (χ3n) is 4.39. The van der Waals surface area contributed by atoms with Crippen molar-refractivity contribution in [3.05, 3.63) is 92.8 Å². The molecule has 2 aromatic carbocycles. The maximum atomic E-state index is 14.6. The Morgan fingerprint density at radius 3 is 2.50 bits per heavy atom. The average molecular weight is 455 g/mol. The number of halogens is 1. The van der Waals surface area contributed by atoms with Crippen molar-refractivity contribution in [1.29, 1.82) is 0 Å². The number of aromatic amines is 2. The standard InChI is InChI=1S/C21H18FN5O4S/c1-30-14-6-8-15(9-7-14)31-11-18-25-26-21(27(18)17-5-3-2-4-16(17)22)32-12-13-10-19(28)24-20(29)23-13/h2-10H,11-12H2,1H3,(H2,23,24,28,29). The second-order valence-electron chi connectivity index (χ2n) is 6.55. The summed E-state index contributed by atoms with van der Waals surface area (Å²) in [4.78, 5) is 27.7. The van der Waals surface area contributed by atoms with Crippen LogP contribution in [0.5, 0.6) is 11.5 Å². The predicted octanol–water partition coefficient (Wildman–Crippen LogP) is 2.66. The predicted molar refractivity (Wildman–Crippen MR) is 116 cm³/mol. The van der Waals surface area contributed by atoms with Gasteiger partial charge in [-0.3, -0.25) is 14.3 Å². The topological polar surface area (TPSA) is 115 Å². The Morgan fingerprint density at radius 2 is 1.78 bits per heavy atom. The molecule has 0 aliphatic heterocycles. The molecule has 164 valence electrons. The number of hydrogen-bond donors (Lipinski definition) is 2. The van der Waals surface area contributed by atoms with Crippen LogP contribution in [0.4, 0.5) is 4.39 Å². The zero-order chi connectivity index (χ0) is 22.5. The Hall–Kier alpha value is -3.86. The number of methoxy groups -OCH3 is 1. The highest BCUT2D eigenvalue weighted by molar-refractivity contribution is 7.98. The van der Waals surface area contributed by atoms with E-state index in [9.17, 15) is 14.0 Å². The Balaban J connectivity index is 1.61. The number of benzene rings is 2. The lowest BCUT2D eigenvalue weighted by Gasteiger charge is -2.12. The van der Waals surface area contributed by atoms with Gasteiger partial charge in [-0.05, 0) is 36.4 Å². The second kappa shape index (κ2) is 9.52. The molecule has 9 nitrogen and oxygen atoms in total. The van der Waals surface area contributed by atoms with E-state index in [1.54, 1.807) is 54.1 Å². The lowest BCUT2D eigenvalue weighted by atomic mass is 10.3. The lowest BCUT2D eigenvalue weighted by Crippen LogP contribution is -2.22. The van der Waals surface area contributed by atoms with Crippen LogP contribution in [-0.2, 0) is 12.4 Å². The van der Waals surface area contributed by atoms with Gasteiger partial charge >= 0.3 is 5.69 Å². The minimum absolute atomic E-state index is 0.0378. The van der Waals surface area contributed by atoms with E-state index in [1.165, 1.54) is 23.9 Å². The lowest BCUT2D eigenvalue weighted by molar-refractivity contribution is 0.292. The molecule has 0 atom stereocenters. The molecule has 0 radical (unpaired) electrons. The quantitative estimate of drug-likeness (QED) is 0.393. The van der Waals surface area contributed by atoms with E-state index in [1.807, 2.05) is 0 Å². The monoisotopic (exact) mass is 455 g/mol. The highest BCUT2D eigenvalue weighted by Crippen LogP contribution is 2.26. The Morgan fingerprint density at radius 1 is 1.03 bits per heavy atom. The van der Waals surface area contributed by atoms with Crippen molar-refractivity contribution in [1.82, 2.24) is 24.7 Å². The van der Waals surface area contributed by atoms with Gasteiger partial charge in [0.25, 0.3) is 5.56 Å². The van der Waals surface area contributed by atoms with Crippen molar-refractivity contribution >= 4 is 11.8 Å². The molecule has 0 aliphatic carbocycles. The van der Waals surface area contributed by atoms with Gasteiger partial charge in [-0.15, -0.1) is 10.2 Å². The fourth-order valence-corrected chi connectivity index (χ4v) is 3.79. The van der Waals surface area contributed by atoms with Gasteiger partial charge in [0.1, 0.15) is 23.9 Å². The molecule has 4 rings (SSSR count). The number of nitrogens with one attached hydrogen (secondary N) is 2. The molecule has 0 amide bonds. The summed E-state index contributed by atoms with van der Waals surface area (Å²) in [6.45, 7) is 0.0378. The van der Waals surface area contributed by atoms with Crippen LogP contribution in [0, 0.1) is 5.82 Å². The fourth-order valence-electron chi connectivity index (χ4n) is 2.92. The Bertz CT molecular complexity index is 1300. The molecule has 0 spiro atoms. The summed E-state index contributed by atoms with van der Waals surface area (Å²) in [7, 11) is 1.58. The van der Waals surface area contributed by atoms with Gasteiger partial charge in [0.05, 0.1) is 12.8 Å². The normalized spacial score (nSPS) is 10.8. The number of H-pyrrole nitrogens is 2. The number of rotatable bonds is 8. The van der Waals surface area contributed by atoms with Crippen molar-refractivity contribution in [2.24, 2.45) is 0 Å². The molecule has 0 fully saturated rings. The summed E-state index contributed by atoms with van der Waals surface area (Å²) >= 11 is 1.20. The van der Waals surface area contributed by atoms with E-state index >= 15 is 0 Å². The van der Waals surface area contributed by atoms with Gasteiger partial charge in [0, 0.05) is 17.5 Å². The van der Waals surface area contributed by atoms with E-state index in [-0.39, 0.29) is 18.0 Å². The maximum Gasteiger partial charge on any atom is 0.325 e. The first-order valence-corrected chi connectivity index (χ1v) is 10.4. The summed E-state index contributed by atoms with van der Waals surface area (Å²) in [6.07, 6.45) is 0. The molecule has 11 heteroatoms. The molecule has 2 N–H and O–H groups in total. The van der Waals surface area contributed by atoms with Crippen molar-refractivity contribution in [2.45, 2.75) is 17.5 Å². The molecule has 0 aliphatic rings. The third kappa shape index (κ3) is 4.89. The van der Waals surface area contributed by atoms with Crippen LogP contribution in [0.2, 0.25) is 0 Å². The number of para-hydroxylation sites is 1. The first kappa shape index (κ1) is 21.4. The SMILES string of the molecule is COc1ccc(OCc2nnc(SCc3cc(=O)[nH]c(=O)[nH]3)n2-c2ccccc2F)cc1. The van der Waals surface area contributed by atoms with Crippen LogP contribution in [0.3, 0.4) is 0 Å². The minimum atomic E-state index is -0.600. The molecule has 0 saturated carbocycles. The third-order valence-corrected chi connectivity index (χ3v) is 5.37. The highest BCUT2D eigenvalue weighted by Gasteiger charge is 2.18. The summed E-state index contributed by atoms with van der Waals surface area (Å²) < 4.78 is 27.1. The number of nitrogens with zero attached hydrogens (tertiary/aromatic N) is 3. The van der Waals surface area contributed by atoms with Crippen molar-refractivity contribution < 1.29 is 13.9 Å². The number of ether oxygens (including phenoxy) is 2. The summed E-state index contributed by atoms with van der Waals surface area (Å²) in [6, 6.07) is 14.6. The molecular formula is C21H18FN5O4S. The molecule has 32 heavy (non-hydrogen) atoms. The highest BCUT2D eigenvalue weighted by atomic mass is 32.2. The largest absolute Gasteiger partial charge is 0.497 e. The van der Waals surface area contributed by atoms with Crippen molar-refractivity contribution in [3.63, 3.8) is 0 Å². The van der Waals surface area contributed by atoms with Gasteiger partial charge in [-0.25, -0.2) is 9.18 Å². The summed E-state index contributed by atoms with van der Waals surface area (Å²) in [5.41, 5.74) is -0.443. The zero-order valence-corrected chi connectivity index (χ0v) is 17.7. The van der Waals surface area contributed by atoms with Crippen LogP contribution >= 0.6 is 11.8 Å². The molecule has 0 saturated heterocycles. The first-order valence-electron chi connectivity index (χ1n) is 9.45. The average Bonchev–Trinajstić information content (AvgIpc) is 3.19. The smallest absolute Gasteiger partial charge is 0.325 e. The maximum absolute atomic E-state index is 14.6. The van der Waals surface area contributed by atoms with Crippen molar-refractivity contribution in [3.8, 4) is 17.2 Å². The second-order valence-corrected chi connectivity index (χ2v) is 7.49. The van der Waals surface area contributed by atoms with Crippen LogP contribution in [0.15, 0.2) is 69.3 Å². The van der Waals surface area contributed by atoms with E-state index in [0.717, 1.165) is 0 Å². The van der Waals surface area contributed by atoms with Gasteiger partial charge in [0.15, 0.2) is 11.0 Å². The zero-order valence-electron chi connectivity index (χ0n) is 16.9. The molecule has 0 bridgehead atoms. The molecule has 0 unspecified atom stereocenters. The number of hydrogen-bond acceptors (Lipinski definition) is 7. The Labute approximate surface area is 185 Å². The van der Waals surface area contributed by atoms with Crippen LogP contribution < -0.4 is 20.7 Å². The first-order chi connectivity index (χ1) is 15.5.